The minimum atomic E-state index is -0.291. The van der Waals surface area contributed by atoms with Crippen LogP contribution in [0.3, 0.4) is 0 Å². The number of hydrogen-bond acceptors (Lipinski definition) is 7. The number of aliphatic hydroxyl groups is 1. The molecule has 1 amide bonds. The first-order chi connectivity index (χ1) is 9.67. The number of methoxy groups -OCH3 is 1. The third-order valence-corrected chi connectivity index (χ3v) is 3.91. The smallest absolute Gasteiger partial charge is 0.263 e. The molecule has 0 bridgehead atoms. The number of anilines is 1. The molecule has 0 aliphatic carbocycles. The first kappa shape index (κ1) is 14.6. The van der Waals surface area contributed by atoms with E-state index in [4.69, 9.17) is 15.6 Å². The quantitative estimate of drug-likeness (QED) is 0.711. The van der Waals surface area contributed by atoms with Crippen LogP contribution in [-0.2, 0) is 4.74 Å². The molecule has 7 nitrogen and oxygen atoms in total. The number of nitrogens with zero attached hydrogens (tertiary/aromatic N) is 2. The summed E-state index contributed by atoms with van der Waals surface area (Å²) >= 11 is 1.20. The van der Waals surface area contributed by atoms with Gasteiger partial charge >= 0.3 is 0 Å². The second kappa shape index (κ2) is 6.60. The number of thiophene rings is 1. The Kier molecular flexibility index (Phi) is 4.83. The number of nitrogen functional groups attached to an aromatic ring is 1. The van der Waals surface area contributed by atoms with Crippen molar-refractivity contribution in [3.63, 3.8) is 0 Å². The van der Waals surface area contributed by atoms with Gasteiger partial charge in [-0.1, -0.05) is 0 Å². The Hall–Kier alpha value is -1.77. The Labute approximate surface area is 119 Å². The molecule has 2 rings (SSSR count). The summed E-state index contributed by atoms with van der Waals surface area (Å²) in [6.45, 7) is 0.304. The van der Waals surface area contributed by atoms with Crippen molar-refractivity contribution in [1.29, 1.82) is 0 Å². The highest BCUT2D eigenvalue weighted by molar-refractivity contribution is 7.21. The topological polar surface area (TPSA) is 110 Å². The van der Waals surface area contributed by atoms with Crippen LogP contribution in [-0.4, -0.2) is 47.6 Å². The minimum absolute atomic E-state index is 0.0261. The van der Waals surface area contributed by atoms with Crippen LogP contribution in [0.25, 0.3) is 10.2 Å². The van der Waals surface area contributed by atoms with Gasteiger partial charge in [-0.2, -0.15) is 5.10 Å². The lowest BCUT2D eigenvalue weighted by molar-refractivity contribution is 0.0883. The van der Waals surface area contributed by atoms with Crippen LogP contribution < -0.4 is 11.1 Å². The Morgan fingerprint density at radius 1 is 1.65 bits per heavy atom. The van der Waals surface area contributed by atoms with Crippen molar-refractivity contribution in [2.75, 3.05) is 26.1 Å². The first-order valence-corrected chi connectivity index (χ1v) is 6.89. The zero-order chi connectivity index (χ0) is 14.5. The Balaban J connectivity index is 2.20. The Bertz CT molecular complexity index is 595. The van der Waals surface area contributed by atoms with Gasteiger partial charge in [0.05, 0.1) is 24.5 Å². The van der Waals surface area contributed by atoms with Crippen LogP contribution in [0.1, 0.15) is 16.1 Å². The molecular formula is C12H16N4O3S. The largest absolute Gasteiger partial charge is 0.397 e. The standard InChI is InChI=1S/C12H16N4O3S/c1-19-6-7(3-5-17)15-11(18)10-9(13)8-2-4-14-16-12(8)20-10/h2,4,7,17H,3,5-6,13H2,1H3,(H,15,18). The van der Waals surface area contributed by atoms with Crippen molar-refractivity contribution < 1.29 is 14.6 Å². The van der Waals surface area contributed by atoms with Crippen molar-refractivity contribution in [2.45, 2.75) is 12.5 Å². The summed E-state index contributed by atoms with van der Waals surface area (Å²) in [5.74, 6) is -0.291. The van der Waals surface area contributed by atoms with Gasteiger partial charge < -0.3 is 20.9 Å². The van der Waals surface area contributed by atoms with E-state index in [1.807, 2.05) is 0 Å². The van der Waals surface area contributed by atoms with Crippen molar-refractivity contribution in [3.8, 4) is 0 Å². The van der Waals surface area contributed by atoms with E-state index in [2.05, 4.69) is 15.5 Å². The molecule has 2 aromatic heterocycles. The highest BCUT2D eigenvalue weighted by Gasteiger charge is 2.20. The van der Waals surface area contributed by atoms with Crippen LogP contribution in [0.15, 0.2) is 12.3 Å². The van der Waals surface area contributed by atoms with Gasteiger partial charge in [0.1, 0.15) is 9.71 Å². The summed E-state index contributed by atoms with van der Waals surface area (Å²) in [6, 6.07) is 1.47. The number of rotatable bonds is 6. The third-order valence-electron chi connectivity index (χ3n) is 2.81. The molecule has 0 aliphatic rings. The van der Waals surface area contributed by atoms with Crippen molar-refractivity contribution >= 4 is 33.1 Å². The molecule has 0 aromatic carbocycles. The highest BCUT2D eigenvalue weighted by atomic mass is 32.1. The van der Waals surface area contributed by atoms with Crippen LogP contribution in [0.5, 0.6) is 0 Å². The van der Waals surface area contributed by atoms with Crippen LogP contribution in [0.2, 0.25) is 0 Å². The molecule has 0 saturated carbocycles. The molecule has 1 unspecified atom stereocenters. The zero-order valence-corrected chi connectivity index (χ0v) is 11.8. The molecule has 20 heavy (non-hydrogen) atoms. The maximum atomic E-state index is 12.2. The average Bonchev–Trinajstić information content (AvgIpc) is 2.77. The average molecular weight is 296 g/mol. The monoisotopic (exact) mass is 296 g/mol. The molecule has 2 heterocycles. The first-order valence-electron chi connectivity index (χ1n) is 6.07. The van der Waals surface area contributed by atoms with Gasteiger partial charge in [0, 0.05) is 19.1 Å². The number of hydrogen-bond donors (Lipinski definition) is 3. The molecule has 8 heteroatoms. The molecular weight excluding hydrogens is 280 g/mol. The predicted octanol–water partition coefficient (Wildman–Crippen LogP) is 0.401. The van der Waals surface area contributed by atoms with Crippen molar-refractivity contribution in [3.05, 3.63) is 17.1 Å². The second-order valence-corrected chi connectivity index (χ2v) is 5.23. The van der Waals surface area contributed by atoms with Gasteiger partial charge in [-0.15, -0.1) is 16.4 Å². The van der Waals surface area contributed by atoms with Crippen molar-refractivity contribution in [1.82, 2.24) is 15.5 Å². The molecule has 2 aromatic rings. The van der Waals surface area contributed by atoms with Gasteiger partial charge in [0.25, 0.3) is 5.91 Å². The molecule has 0 fully saturated rings. The number of aliphatic hydroxyl groups excluding tert-OH is 1. The maximum Gasteiger partial charge on any atom is 0.263 e. The minimum Gasteiger partial charge on any atom is -0.397 e. The number of amides is 1. The second-order valence-electron chi connectivity index (χ2n) is 4.23. The SMILES string of the molecule is COCC(CCO)NC(=O)c1sc2nnccc2c1N. The number of carbonyl (C=O) groups is 1. The van der Waals surface area contributed by atoms with Crippen molar-refractivity contribution in [2.24, 2.45) is 0 Å². The fourth-order valence-electron chi connectivity index (χ4n) is 1.85. The van der Waals surface area contributed by atoms with E-state index < -0.39 is 0 Å². The molecule has 1 atom stereocenters. The van der Waals surface area contributed by atoms with Gasteiger partial charge in [-0.3, -0.25) is 4.79 Å². The van der Waals surface area contributed by atoms with Gasteiger partial charge in [-0.25, -0.2) is 0 Å². The number of nitrogens with two attached hydrogens (primary N) is 1. The van der Waals surface area contributed by atoms with Crippen LogP contribution in [0, 0.1) is 0 Å². The predicted molar refractivity (Wildman–Crippen MR) is 76.7 cm³/mol. The third kappa shape index (κ3) is 3.03. The number of carbonyl (C=O) groups excluding carboxylic acids is 1. The Morgan fingerprint density at radius 3 is 3.10 bits per heavy atom. The highest BCUT2D eigenvalue weighted by Crippen LogP contribution is 2.31. The van der Waals surface area contributed by atoms with E-state index in [1.165, 1.54) is 17.5 Å². The van der Waals surface area contributed by atoms with E-state index in [1.54, 1.807) is 13.2 Å². The van der Waals surface area contributed by atoms with E-state index in [0.29, 0.717) is 28.4 Å². The van der Waals surface area contributed by atoms with E-state index in [-0.39, 0.29) is 18.6 Å². The number of nitrogens with one attached hydrogen (secondary N) is 1. The lowest BCUT2D eigenvalue weighted by atomic mass is 10.2. The molecule has 0 aliphatic heterocycles. The lowest BCUT2D eigenvalue weighted by Crippen LogP contribution is -2.38. The normalized spacial score (nSPS) is 12.5. The zero-order valence-electron chi connectivity index (χ0n) is 11.0. The molecule has 0 saturated heterocycles. The van der Waals surface area contributed by atoms with Crippen LogP contribution >= 0.6 is 11.3 Å². The summed E-state index contributed by atoms with van der Waals surface area (Å²) in [7, 11) is 1.54. The van der Waals surface area contributed by atoms with Gasteiger partial charge in [0.2, 0.25) is 0 Å². The summed E-state index contributed by atoms with van der Waals surface area (Å²) in [5.41, 5.74) is 6.37. The number of aromatic nitrogens is 2. The lowest BCUT2D eigenvalue weighted by Gasteiger charge is -2.16. The number of fused-ring (bicyclic) bond motifs is 1. The number of ether oxygens (including phenoxy) is 1. The van der Waals surface area contributed by atoms with Gasteiger partial charge in [-0.05, 0) is 12.5 Å². The molecule has 0 spiro atoms. The molecule has 0 radical (unpaired) electrons. The fourth-order valence-corrected chi connectivity index (χ4v) is 2.79. The summed E-state index contributed by atoms with van der Waals surface area (Å²) in [4.78, 5) is 13.3. The summed E-state index contributed by atoms with van der Waals surface area (Å²) < 4.78 is 5.01. The maximum absolute atomic E-state index is 12.2. The molecule has 108 valence electrons. The van der Waals surface area contributed by atoms with Crippen LogP contribution in [0.4, 0.5) is 5.69 Å². The van der Waals surface area contributed by atoms with E-state index >= 15 is 0 Å². The van der Waals surface area contributed by atoms with Gasteiger partial charge in [0.15, 0.2) is 0 Å². The molecule has 4 N–H and O–H groups in total. The van der Waals surface area contributed by atoms with E-state index in [9.17, 15) is 4.79 Å². The Morgan fingerprint density at radius 2 is 2.45 bits per heavy atom. The van der Waals surface area contributed by atoms with E-state index in [0.717, 1.165) is 5.39 Å². The summed E-state index contributed by atoms with van der Waals surface area (Å²) in [6.07, 6.45) is 1.96. The fraction of sp³-hybridized carbons (Fsp3) is 0.417. The summed E-state index contributed by atoms with van der Waals surface area (Å²) in [5, 5.41) is 20.2.